The first kappa shape index (κ1) is 19.7. The van der Waals surface area contributed by atoms with Crippen LogP contribution >= 0.6 is 0 Å². The highest BCUT2D eigenvalue weighted by molar-refractivity contribution is 6.24. The Morgan fingerprint density at radius 1 is 1.23 bits per heavy atom. The van der Waals surface area contributed by atoms with E-state index in [2.05, 4.69) is 20.7 Å². The highest BCUT2D eigenvalue weighted by Gasteiger charge is 2.45. The van der Waals surface area contributed by atoms with Gasteiger partial charge in [0, 0.05) is 26.4 Å². The van der Waals surface area contributed by atoms with Gasteiger partial charge in [0.25, 0.3) is 11.8 Å². The Morgan fingerprint density at radius 2 is 2.03 bits per heavy atom. The van der Waals surface area contributed by atoms with Crippen LogP contribution < -0.4 is 16.4 Å². The van der Waals surface area contributed by atoms with E-state index in [1.165, 1.54) is 0 Å². The minimum Gasteiger partial charge on any atom is -0.350 e. The molecule has 0 bridgehead atoms. The second-order valence-corrected chi connectivity index (χ2v) is 7.15. The van der Waals surface area contributed by atoms with Crippen LogP contribution in [0, 0.1) is 0 Å². The molecule has 1 aromatic heterocycles. The lowest BCUT2D eigenvalue weighted by atomic mass is 10.0. The Hall–Kier alpha value is -3.60. The first-order chi connectivity index (χ1) is 14.4. The zero-order chi connectivity index (χ0) is 21.4. The quantitative estimate of drug-likeness (QED) is 0.529. The molecule has 1 aromatic carbocycles. The summed E-state index contributed by atoms with van der Waals surface area (Å²) in [6, 6.07) is 3.99. The van der Waals surface area contributed by atoms with E-state index in [1.54, 1.807) is 29.9 Å². The van der Waals surface area contributed by atoms with Gasteiger partial charge in [0.05, 0.1) is 11.1 Å². The van der Waals surface area contributed by atoms with Crippen molar-refractivity contribution in [2.24, 2.45) is 12.8 Å². The topological polar surface area (TPSA) is 152 Å². The molecule has 1 saturated heterocycles. The third-order valence-electron chi connectivity index (χ3n) is 5.17. The lowest BCUT2D eigenvalue weighted by Crippen LogP contribution is -2.54. The lowest BCUT2D eigenvalue weighted by molar-refractivity contribution is -0.136. The number of nitrogens with two attached hydrogens (primary N) is 1. The number of hydrogen-bond donors (Lipinski definition) is 3. The van der Waals surface area contributed by atoms with Gasteiger partial charge in [-0.25, -0.2) is 4.68 Å². The van der Waals surface area contributed by atoms with E-state index in [9.17, 15) is 19.2 Å². The van der Waals surface area contributed by atoms with Gasteiger partial charge in [0.1, 0.15) is 6.04 Å². The van der Waals surface area contributed by atoms with Gasteiger partial charge >= 0.3 is 0 Å². The second-order valence-electron chi connectivity index (χ2n) is 7.15. The summed E-state index contributed by atoms with van der Waals surface area (Å²) in [5, 5.41) is 9.58. The van der Waals surface area contributed by atoms with E-state index in [0.29, 0.717) is 30.3 Å². The van der Waals surface area contributed by atoms with E-state index < -0.39 is 29.7 Å². The fraction of sp³-hybridized carbons (Fsp3) is 0.368. The van der Waals surface area contributed by atoms with E-state index >= 15 is 0 Å². The average molecular weight is 411 g/mol. The number of imide groups is 2. The van der Waals surface area contributed by atoms with Crippen LogP contribution in [0.2, 0.25) is 0 Å². The number of anilines is 1. The molecular formula is C19H21N7O4. The number of rotatable bonds is 6. The fourth-order valence-electron chi connectivity index (χ4n) is 3.73. The van der Waals surface area contributed by atoms with E-state index in [-0.39, 0.29) is 30.5 Å². The molecule has 1 atom stereocenters. The van der Waals surface area contributed by atoms with Gasteiger partial charge in [0.15, 0.2) is 5.82 Å². The standard InChI is InChI=1S/C19H21N7O4/c1-25-19(22-13(24-25)7-8-20)21-9-10-3-2-4-11-15(10)18(30)26(17(11)29)12-5-6-14(27)23-16(12)28/h2-4,12H,5-9,20H2,1H3,(H,21,22,24)(H,23,27,28). The van der Waals surface area contributed by atoms with Crippen molar-refractivity contribution in [3.63, 3.8) is 0 Å². The molecule has 1 fully saturated rings. The van der Waals surface area contributed by atoms with E-state index in [4.69, 9.17) is 5.73 Å². The number of fused-ring (bicyclic) bond motifs is 1. The maximum absolute atomic E-state index is 13.1. The van der Waals surface area contributed by atoms with Crippen molar-refractivity contribution in [1.82, 2.24) is 25.0 Å². The van der Waals surface area contributed by atoms with Crippen molar-refractivity contribution in [1.29, 1.82) is 0 Å². The fourth-order valence-corrected chi connectivity index (χ4v) is 3.73. The Kier molecular flexibility index (Phi) is 5.04. The van der Waals surface area contributed by atoms with Crippen LogP contribution in [0.15, 0.2) is 18.2 Å². The first-order valence-electron chi connectivity index (χ1n) is 9.58. The zero-order valence-corrected chi connectivity index (χ0v) is 16.3. The number of carbonyl (C=O) groups is 4. The van der Waals surface area contributed by atoms with Crippen molar-refractivity contribution < 1.29 is 19.2 Å². The van der Waals surface area contributed by atoms with Gasteiger partial charge < -0.3 is 11.1 Å². The summed E-state index contributed by atoms with van der Waals surface area (Å²) in [7, 11) is 1.74. The molecule has 0 saturated carbocycles. The minimum absolute atomic E-state index is 0.0789. The summed E-state index contributed by atoms with van der Waals surface area (Å²) in [6.45, 7) is 0.669. The largest absolute Gasteiger partial charge is 0.350 e. The highest BCUT2D eigenvalue weighted by atomic mass is 16.2. The molecule has 4 N–H and O–H groups in total. The molecule has 2 aliphatic rings. The first-order valence-corrected chi connectivity index (χ1v) is 9.58. The van der Waals surface area contributed by atoms with Crippen LogP contribution in [0.1, 0.15) is 44.9 Å². The lowest BCUT2D eigenvalue weighted by Gasteiger charge is -2.27. The monoisotopic (exact) mass is 411 g/mol. The molecular weight excluding hydrogens is 390 g/mol. The van der Waals surface area contributed by atoms with Gasteiger partial charge in [-0.05, 0) is 24.6 Å². The molecule has 2 aliphatic heterocycles. The molecule has 0 radical (unpaired) electrons. The van der Waals surface area contributed by atoms with Gasteiger partial charge in [-0.1, -0.05) is 12.1 Å². The molecule has 3 heterocycles. The maximum atomic E-state index is 13.1. The number of nitrogens with one attached hydrogen (secondary N) is 2. The SMILES string of the molecule is Cn1nc(CCN)nc1NCc1cccc2c1C(=O)N(C1CCC(=O)NC1=O)C2=O. The predicted molar refractivity (Wildman–Crippen MR) is 104 cm³/mol. The molecule has 11 heteroatoms. The van der Waals surface area contributed by atoms with Gasteiger partial charge in [-0.15, -0.1) is 0 Å². The van der Waals surface area contributed by atoms with Crippen LogP contribution in [-0.4, -0.2) is 55.9 Å². The smallest absolute Gasteiger partial charge is 0.262 e. The Bertz CT molecular complexity index is 1060. The van der Waals surface area contributed by atoms with E-state index in [0.717, 1.165) is 4.90 Å². The van der Waals surface area contributed by atoms with Crippen molar-refractivity contribution in [3.05, 3.63) is 40.7 Å². The minimum atomic E-state index is -0.992. The number of amides is 4. The summed E-state index contributed by atoms with van der Waals surface area (Å²) in [5.74, 6) is -0.993. The van der Waals surface area contributed by atoms with Crippen molar-refractivity contribution in [2.45, 2.75) is 31.8 Å². The Morgan fingerprint density at radius 3 is 2.77 bits per heavy atom. The van der Waals surface area contributed by atoms with Crippen LogP contribution in [0.25, 0.3) is 0 Å². The number of aromatic nitrogens is 3. The van der Waals surface area contributed by atoms with Crippen molar-refractivity contribution in [3.8, 4) is 0 Å². The van der Waals surface area contributed by atoms with Gasteiger partial charge in [-0.3, -0.25) is 29.4 Å². The summed E-state index contributed by atoms with van der Waals surface area (Å²) in [6.07, 6.45) is 0.742. The second kappa shape index (κ2) is 7.67. The molecule has 2 aromatic rings. The van der Waals surface area contributed by atoms with E-state index in [1.807, 2.05) is 0 Å². The normalized spacial score (nSPS) is 18.6. The molecule has 30 heavy (non-hydrogen) atoms. The third kappa shape index (κ3) is 3.32. The Labute approximate surface area is 171 Å². The molecule has 4 amide bonds. The molecule has 0 spiro atoms. The van der Waals surface area contributed by atoms with Gasteiger partial charge in [0.2, 0.25) is 17.8 Å². The molecule has 11 nitrogen and oxygen atoms in total. The summed E-state index contributed by atoms with van der Waals surface area (Å²) < 4.78 is 1.58. The molecule has 4 rings (SSSR count). The van der Waals surface area contributed by atoms with Crippen LogP contribution in [0.5, 0.6) is 0 Å². The summed E-state index contributed by atoms with van der Waals surface area (Å²) in [5.41, 5.74) is 6.63. The molecule has 1 unspecified atom stereocenters. The Balaban J connectivity index is 1.57. The third-order valence-corrected chi connectivity index (χ3v) is 5.17. The number of carbonyl (C=O) groups excluding carboxylic acids is 4. The average Bonchev–Trinajstić information content (AvgIpc) is 3.18. The summed E-state index contributed by atoms with van der Waals surface area (Å²) in [4.78, 5) is 54.9. The molecule has 0 aliphatic carbocycles. The number of nitrogens with zero attached hydrogens (tertiary/aromatic N) is 4. The predicted octanol–water partition coefficient (Wildman–Crippen LogP) is -0.670. The summed E-state index contributed by atoms with van der Waals surface area (Å²) >= 11 is 0. The van der Waals surface area contributed by atoms with Crippen molar-refractivity contribution in [2.75, 3.05) is 11.9 Å². The molecule has 156 valence electrons. The van der Waals surface area contributed by atoms with Crippen LogP contribution in [0.4, 0.5) is 5.95 Å². The number of benzene rings is 1. The van der Waals surface area contributed by atoms with Crippen molar-refractivity contribution >= 4 is 29.6 Å². The number of piperidine rings is 1. The zero-order valence-electron chi connectivity index (χ0n) is 16.3. The van der Waals surface area contributed by atoms with Crippen LogP contribution in [0.3, 0.4) is 0 Å². The van der Waals surface area contributed by atoms with Gasteiger partial charge in [-0.2, -0.15) is 10.1 Å². The highest BCUT2D eigenvalue weighted by Crippen LogP contribution is 2.30. The maximum Gasteiger partial charge on any atom is 0.262 e. The number of aryl methyl sites for hydroxylation is 1. The number of hydrogen-bond acceptors (Lipinski definition) is 8. The van der Waals surface area contributed by atoms with Crippen LogP contribution in [-0.2, 0) is 29.6 Å².